The van der Waals surface area contributed by atoms with Crippen molar-refractivity contribution in [1.82, 2.24) is 9.80 Å². The first-order valence-corrected chi connectivity index (χ1v) is 7.05. The Labute approximate surface area is 105 Å². The first-order valence-electron chi connectivity index (χ1n) is 7.05. The third-order valence-corrected chi connectivity index (χ3v) is 4.30. The third kappa shape index (κ3) is 3.78. The highest BCUT2D eigenvalue weighted by atomic mass is 16.1. The van der Waals surface area contributed by atoms with Gasteiger partial charge in [-0.2, -0.15) is 0 Å². The van der Waals surface area contributed by atoms with Gasteiger partial charge in [-0.15, -0.1) is 0 Å². The van der Waals surface area contributed by atoms with Gasteiger partial charge in [-0.1, -0.05) is 12.8 Å². The zero-order valence-electron chi connectivity index (χ0n) is 11.3. The Hall–Kier alpha value is -0.410. The Morgan fingerprint density at radius 1 is 1.29 bits per heavy atom. The number of nitrogens with zero attached hydrogens (tertiary/aromatic N) is 2. The quantitative estimate of drug-likeness (QED) is 0.727. The van der Waals surface area contributed by atoms with Crippen LogP contribution in [0.5, 0.6) is 0 Å². The molecule has 3 heteroatoms. The molecule has 0 aromatic carbocycles. The maximum absolute atomic E-state index is 12.0. The summed E-state index contributed by atoms with van der Waals surface area (Å²) in [7, 11) is 4.29. The molecular formula is C14H26N2O. The summed E-state index contributed by atoms with van der Waals surface area (Å²) in [6, 6.07) is 0. The van der Waals surface area contributed by atoms with Gasteiger partial charge in [0.15, 0.2) is 0 Å². The van der Waals surface area contributed by atoms with Crippen LogP contribution in [0.4, 0.5) is 0 Å². The molecule has 1 atom stereocenters. The summed E-state index contributed by atoms with van der Waals surface area (Å²) in [6.45, 7) is 4.17. The lowest BCUT2D eigenvalue weighted by Gasteiger charge is -2.21. The molecule has 0 bridgehead atoms. The summed E-state index contributed by atoms with van der Waals surface area (Å²) in [5, 5.41) is 0. The van der Waals surface area contributed by atoms with Crippen LogP contribution in [0.25, 0.3) is 0 Å². The van der Waals surface area contributed by atoms with Crippen molar-refractivity contribution in [2.24, 2.45) is 11.8 Å². The molecule has 0 aromatic heterocycles. The highest BCUT2D eigenvalue weighted by Crippen LogP contribution is 2.25. The van der Waals surface area contributed by atoms with Crippen LogP contribution in [0.2, 0.25) is 0 Å². The van der Waals surface area contributed by atoms with Crippen molar-refractivity contribution in [3.05, 3.63) is 0 Å². The Bertz CT molecular complexity index is 261. The van der Waals surface area contributed by atoms with E-state index in [4.69, 9.17) is 0 Å². The standard InChI is InChI=1S/C14H26N2O/c1-15-8-7-12(9-15)10-16(2)11-14(17)13-5-3-4-6-13/h12-13H,3-11H2,1-2H3. The number of Topliss-reactive ketones (excluding diaryl/α,β-unsaturated/α-hetero) is 1. The minimum absolute atomic E-state index is 0.378. The first-order chi connectivity index (χ1) is 8.15. The largest absolute Gasteiger partial charge is 0.306 e. The molecule has 0 N–H and O–H groups in total. The molecule has 1 saturated carbocycles. The van der Waals surface area contributed by atoms with Gasteiger partial charge in [0, 0.05) is 19.0 Å². The van der Waals surface area contributed by atoms with Gasteiger partial charge in [-0.3, -0.25) is 9.69 Å². The fourth-order valence-electron chi connectivity index (χ4n) is 3.32. The van der Waals surface area contributed by atoms with E-state index in [-0.39, 0.29) is 0 Å². The maximum atomic E-state index is 12.0. The summed E-state index contributed by atoms with van der Waals surface area (Å²) in [5.41, 5.74) is 0. The van der Waals surface area contributed by atoms with E-state index in [2.05, 4.69) is 23.9 Å². The Morgan fingerprint density at radius 2 is 2.00 bits per heavy atom. The molecule has 2 rings (SSSR count). The molecule has 0 radical (unpaired) electrons. The average molecular weight is 238 g/mol. The molecule has 0 aromatic rings. The molecule has 1 aliphatic carbocycles. The number of ketones is 1. The van der Waals surface area contributed by atoms with Crippen LogP contribution in [-0.2, 0) is 4.79 Å². The first kappa shape index (κ1) is 13.0. The van der Waals surface area contributed by atoms with Crippen LogP contribution in [0, 0.1) is 11.8 Å². The summed E-state index contributed by atoms with van der Waals surface area (Å²) in [4.78, 5) is 16.7. The summed E-state index contributed by atoms with van der Waals surface area (Å²) in [5.74, 6) is 1.63. The highest BCUT2D eigenvalue weighted by molar-refractivity contribution is 5.83. The van der Waals surface area contributed by atoms with Gasteiger partial charge in [0.2, 0.25) is 0 Å². The van der Waals surface area contributed by atoms with Crippen LogP contribution < -0.4 is 0 Å². The Morgan fingerprint density at radius 3 is 2.59 bits per heavy atom. The molecule has 98 valence electrons. The van der Waals surface area contributed by atoms with Crippen LogP contribution in [0.1, 0.15) is 32.1 Å². The van der Waals surface area contributed by atoms with E-state index in [1.165, 1.54) is 32.4 Å². The van der Waals surface area contributed by atoms with Crippen molar-refractivity contribution in [3.8, 4) is 0 Å². The molecule has 1 saturated heterocycles. The molecule has 0 amide bonds. The smallest absolute Gasteiger partial charge is 0.149 e. The van der Waals surface area contributed by atoms with Gasteiger partial charge in [-0.05, 0) is 45.8 Å². The number of rotatable bonds is 5. The number of carbonyl (C=O) groups excluding carboxylic acids is 1. The van der Waals surface area contributed by atoms with E-state index in [0.29, 0.717) is 18.2 Å². The maximum Gasteiger partial charge on any atom is 0.149 e. The van der Waals surface area contributed by atoms with Crippen molar-refractivity contribution < 1.29 is 4.79 Å². The molecule has 2 fully saturated rings. The van der Waals surface area contributed by atoms with Crippen molar-refractivity contribution in [2.75, 3.05) is 40.3 Å². The summed E-state index contributed by atoms with van der Waals surface area (Å²) in [6.07, 6.45) is 6.08. The minimum atomic E-state index is 0.378. The molecule has 0 spiro atoms. The fourth-order valence-corrected chi connectivity index (χ4v) is 3.32. The Balaban J connectivity index is 1.69. The zero-order valence-corrected chi connectivity index (χ0v) is 11.3. The van der Waals surface area contributed by atoms with Crippen LogP contribution in [0.3, 0.4) is 0 Å². The average Bonchev–Trinajstić information content (AvgIpc) is 2.89. The predicted molar refractivity (Wildman–Crippen MR) is 70.1 cm³/mol. The van der Waals surface area contributed by atoms with Gasteiger partial charge in [-0.25, -0.2) is 0 Å². The van der Waals surface area contributed by atoms with Gasteiger partial charge >= 0.3 is 0 Å². The number of hydrogen-bond donors (Lipinski definition) is 0. The van der Waals surface area contributed by atoms with Gasteiger partial charge in [0.1, 0.15) is 5.78 Å². The van der Waals surface area contributed by atoms with E-state index in [9.17, 15) is 4.79 Å². The molecular weight excluding hydrogens is 212 g/mol. The van der Waals surface area contributed by atoms with Gasteiger partial charge in [0.25, 0.3) is 0 Å². The van der Waals surface area contributed by atoms with Crippen LogP contribution in [0.15, 0.2) is 0 Å². The molecule has 2 aliphatic rings. The van der Waals surface area contributed by atoms with Crippen molar-refractivity contribution in [3.63, 3.8) is 0 Å². The molecule has 17 heavy (non-hydrogen) atoms. The van der Waals surface area contributed by atoms with E-state index in [0.717, 1.165) is 25.3 Å². The monoisotopic (exact) mass is 238 g/mol. The van der Waals surface area contributed by atoms with Crippen LogP contribution in [-0.4, -0.2) is 55.9 Å². The lowest BCUT2D eigenvalue weighted by Crippen LogP contribution is -2.34. The third-order valence-electron chi connectivity index (χ3n) is 4.30. The molecule has 1 heterocycles. The fraction of sp³-hybridized carbons (Fsp3) is 0.929. The van der Waals surface area contributed by atoms with Gasteiger partial charge in [0.05, 0.1) is 6.54 Å². The SMILES string of the molecule is CN1CCC(CN(C)CC(=O)C2CCCC2)C1. The van der Waals surface area contributed by atoms with E-state index in [1.807, 2.05) is 0 Å². The van der Waals surface area contributed by atoms with Crippen molar-refractivity contribution >= 4 is 5.78 Å². The van der Waals surface area contributed by atoms with E-state index < -0.39 is 0 Å². The number of likely N-dealkylation sites (tertiary alicyclic amines) is 1. The summed E-state index contributed by atoms with van der Waals surface area (Å²) < 4.78 is 0. The molecule has 1 unspecified atom stereocenters. The van der Waals surface area contributed by atoms with E-state index >= 15 is 0 Å². The lowest BCUT2D eigenvalue weighted by atomic mass is 10.0. The normalized spacial score (nSPS) is 27.1. The van der Waals surface area contributed by atoms with E-state index in [1.54, 1.807) is 0 Å². The second-order valence-electron chi connectivity index (χ2n) is 6.06. The highest BCUT2D eigenvalue weighted by Gasteiger charge is 2.25. The number of likely N-dealkylation sites (N-methyl/N-ethyl adjacent to an activating group) is 1. The zero-order chi connectivity index (χ0) is 12.3. The number of carbonyl (C=O) groups is 1. The van der Waals surface area contributed by atoms with Crippen molar-refractivity contribution in [1.29, 1.82) is 0 Å². The second-order valence-corrected chi connectivity index (χ2v) is 6.06. The molecule has 3 nitrogen and oxygen atoms in total. The predicted octanol–water partition coefficient (Wildman–Crippen LogP) is 1.63. The number of hydrogen-bond acceptors (Lipinski definition) is 3. The molecule has 1 aliphatic heterocycles. The Kier molecular flexibility index (Phi) is 4.57. The topological polar surface area (TPSA) is 23.6 Å². The summed E-state index contributed by atoms with van der Waals surface area (Å²) >= 11 is 0. The van der Waals surface area contributed by atoms with Gasteiger partial charge < -0.3 is 4.90 Å². The minimum Gasteiger partial charge on any atom is -0.306 e. The second kappa shape index (κ2) is 5.96. The van der Waals surface area contributed by atoms with Crippen molar-refractivity contribution in [2.45, 2.75) is 32.1 Å². The lowest BCUT2D eigenvalue weighted by molar-refractivity contribution is -0.123. The van der Waals surface area contributed by atoms with Crippen LogP contribution >= 0.6 is 0 Å².